The number of furan rings is 1. The zero-order valence-corrected chi connectivity index (χ0v) is 19.2. The van der Waals surface area contributed by atoms with Crippen molar-refractivity contribution < 1.29 is 13.9 Å². The zero-order chi connectivity index (χ0) is 21.8. The molecule has 2 aromatic rings. The van der Waals surface area contributed by atoms with Gasteiger partial charge in [0.2, 0.25) is 0 Å². The van der Waals surface area contributed by atoms with Crippen LogP contribution in [0.4, 0.5) is 0 Å². The summed E-state index contributed by atoms with van der Waals surface area (Å²) in [5.74, 6) is 2.13. The first-order chi connectivity index (χ1) is 15.0. The van der Waals surface area contributed by atoms with Gasteiger partial charge in [-0.15, -0.1) is 0 Å². The van der Waals surface area contributed by atoms with E-state index in [1.165, 1.54) is 11.1 Å². The van der Waals surface area contributed by atoms with Crippen molar-refractivity contribution in [3.8, 4) is 0 Å². The van der Waals surface area contributed by atoms with E-state index >= 15 is 0 Å². The SMILES string of the molecule is Cc1cc(C(=O)N(CC2CCN(Cc3ccccc3C)CC2)C[C@@H]2CCCO2)c(C)o1. The number of nitrogens with zero attached hydrogens (tertiary/aromatic N) is 2. The van der Waals surface area contributed by atoms with Gasteiger partial charge in [-0.1, -0.05) is 24.3 Å². The maximum Gasteiger partial charge on any atom is 0.257 e. The quantitative estimate of drug-likeness (QED) is 0.644. The Labute approximate surface area is 186 Å². The number of benzene rings is 1. The molecule has 0 aliphatic carbocycles. The van der Waals surface area contributed by atoms with Crippen LogP contribution in [0.2, 0.25) is 0 Å². The number of likely N-dealkylation sites (tertiary alicyclic amines) is 1. The Morgan fingerprint density at radius 3 is 2.52 bits per heavy atom. The van der Waals surface area contributed by atoms with Gasteiger partial charge in [0, 0.05) is 26.2 Å². The highest BCUT2D eigenvalue weighted by Crippen LogP contribution is 2.24. The lowest BCUT2D eigenvalue weighted by molar-refractivity contribution is 0.0443. The minimum Gasteiger partial charge on any atom is -0.466 e. The summed E-state index contributed by atoms with van der Waals surface area (Å²) in [6, 6.07) is 10.5. The summed E-state index contributed by atoms with van der Waals surface area (Å²) in [7, 11) is 0. The highest BCUT2D eigenvalue weighted by molar-refractivity contribution is 5.95. The predicted octanol–water partition coefficient (Wildman–Crippen LogP) is 4.74. The maximum atomic E-state index is 13.4. The van der Waals surface area contributed by atoms with Gasteiger partial charge in [-0.2, -0.15) is 0 Å². The van der Waals surface area contributed by atoms with E-state index in [1.807, 2.05) is 24.8 Å². The van der Waals surface area contributed by atoms with Crippen molar-refractivity contribution in [1.29, 1.82) is 0 Å². The Morgan fingerprint density at radius 2 is 1.87 bits per heavy atom. The van der Waals surface area contributed by atoms with Crippen LogP contribution in [0.3, 0.4) is 0 Å². The van der Waals surface area contributed by atoms with Crippen LogP contribution >= 0.6 is 0 Å². The molecular formula is C26H36N2O3. The monoisotopic (exact) mass is 424 g/mol. The Morgan fingerprint density at radius 1 is 1.10 bits per heavy atom. The highest BCUT2D eigenvalue weighted by atomic mass is 16.5. The molecule has 0 saturated carbocycles. The summed E-state index contributed by atoms with van der Waals surface area (Å²) in [5.41, 5.74) is 3.48. The second kappa shape index (κ2) is 10.0. The molecule has 1 aromatic carbocycles. The van der Waals surface area contributed by atoms with Crippen LogP contribution in [-0.2, 0) is 11.3 Å². The third-order valence-electron chi connectivity index (χ3n) is 6.85. The van der Waals surface area contributed by atoms with Crippen LogP contribution < -0.4 is 0 Å². The molecule has 1 atom stereocenters. The summed E-state index contributed by atoms with van der Waals surface area (Å²) < 4.78 is 11.5. The van der Waals surface area contributed by atoms with Crippen LogP contribution in [0.25, 0.3) is 0 Å². The van der Waals surface area contributed by atoms with Gasteiger partial charge in [0.25, 0.3) is 5.91 Å². The van der Waals surface area contributed by atoms with Gasteiger partial charge < -0.3 is 14.1 Å². The number of amides is 1. The number of piperidine rings is 1. The number of carbonyl (C=O) groups is 1. The van der Waals surface area contributed by atoms with Crippen molar-refractivity contribution >= 4 is 5.91 Å². The van der Waals surface area contributed by atoms with E-state index in [1.54, 1.807) is 0 Å². The van der Waals surface area contributed by atoms with Crippen LogP contribution in [-0.4, -0.2) is 54.6 Å². The highest BCUT2D eigenvalue weighted by Gasteiger charge is 2.29. The molecule has 2 saturated heterocycles. The Hall–Kier alpha value is -2.11. The molecular weight excluding hydrogens is 388 g/mol. The standard InChI is InChI=1S/C26H36N2O3/c1-19-7-4-5-8-23(19)17-27-12-10-22(11-13-27)16-28(18-24-9-6-14-30-24)26(29)25-15-20(2)31-21(25)3/h4-5,7-8,15,22,24H,6,9-14,16-18H2,1-3H3/t24-/m0/s1. The molecule has 2 aliphatic heterocycles. The molecule has 3 heterocycles. The van der Waals surface area contributed by atoms with E-state index in [-0.39, 0.29) is 12.0 Å². The summed E-state index contributed by atoms with van der Waals surface area (Å²) >= 11 is 0. The van der Waals surface area contributed by atoms with Crippen molar-refractivity contribution in [1.82, 2.24) is 9.80 Å². The molecule has 31 heavy (non-hydrogen) atoms. The van der Waals surface area contributed by atoms with E-state index in [0.717, 1.165) is 64.2 Å². The molecule has 2 fully saturated rings. The van der Waals surface area contributed by atoms with Crippen molar-refractivity contribution in [3.63, 3.8) is 0 Å². The average molecular weight is 425 g/mol. The fraction of sp³-hybridized carbons (Fsp3) is 0.577. The summed E-state index contributed by atoms with van der Waals surface area (Å²) in [4.78, 5) is 18.0. The van der Waals surface area contributed by atoms with Crippen LogP contribution in [0.5, 0.6) is 0 Å². The molecule has 1 aromatic heterocycles. The van der Waals surface area contributed by atoms with Gasteiger partial charge in [0.1, 0.15) is 11.5 Å². The molecule has 0 N–H and O–H groups in total. The predicted molar refractivity (Wildman–Crippen MR) is 122 cm³/mol. The lowest BCUT2D eigenvalue weighted by Crippen LogP contribution is -2.43. The third-order valence-corrected chi connectivity index (χ3v) is 6.85. The Bertz CT molecular complexity index is 877. The summed E-state index contributed by atoms with van der Waals surface area (Å²) in [6.45, 7) is 11.5. The first-order valence-corrected chi connectivity index (χ1v) is 11.7. The molecule has 0 bridgehead atoms. The van der Waals surface area contributed by atoms with E-state index < -0.39 is 0 Å². The van der Waals surface area contributed by atoms with E-state index in [0.29, 0.717) is 23.8 Å². The van der Waals surface area contributed by atoms with Gasteiger partial charge >= 0.3 is 0 Å². The fourth-order valence-corrected chi connectivity index (χ4v) is 4.96. The van der Waals surface area contributed by atoms with E-state index in [4.69, 9.17) is 9.15 Å². The van der Waals surface area contributed by atoms with Crippen molar-refractivity contribution in [2.45, 2.75) is 59.1 Å². The number of hydrogen-bond acceptors (Lipinski definition) is 4. The minimum absolute atomic E-state index is 0.0900. The molecule has 2 aliphatic rings. The van der Waals surface area contributed by atoms with Crippen LogP contribution in [0.15, 0.2) is 34.7 Å². The second-order valence-corrected chi connectivity index (χ2v) is 9.32. The third kappa shape index (κ3) is 5.58. The second-order valence-electron chi connectivity index (χ2n) is 9.32. The first kappa shape index (κ1) is 22.1. The number of carbonyl (C=O) groups excluding carboxylic acids is 1. The number of aryl methyl sites for hydroxylation is 3. The van der Waals surface area contributed by atoms with Crippen LogP contribution in [0, 0.1) is 26.7 Å². The molecule has 0 spiro atoms. The van der Waals surface area contributed by atoms with Gasteiger partial charge in [0.15, 0.2) is 0 Å². The van der Waals surface area contributed by atoms with E-state index in [2.05, 4.69) is 36.1 Å². The largest absolute Gasteiger partial charge is 0.466 e. The fourth-order valence-electron chi connectivity index (χ4n) is 4.96. The van der Waals surface area contributed by atoms with Crippen molar-refractivity contribution in [2.75, 3.05) is 32.8 Å². The van der Waals surface area contributed by atoms with Gasteiger partial charge in [0.05, 0.1) is 11.7 Å². The summed E-state index contributed by atoms with van der Waals surface area (Å²) in [5, 5.41) is 0. The number of ether oxygens (including phenoxy) is 1. The van der Waals surface area contributed by atoms with Gasteiger partial charge in [-0.25, -0.2) is 0 Å². The average Bonchev–Trinajstić information content (AvgIpc) is 3.39. The van der Waals surface area contributed by atoms with Crippen molar-refractivity contribution in [2.24, 2.45) is 5.92 Å². The first-order valence-electron chi connectivity index (χ1n) is 11.7. The molecule has 168 valence electrons. The molecule has 0 radical (unpaired) electrons. The molecule has 1 amide bonds. The Balaban J connectivity index is 1.37. The van der Waals surface area contributed by atoms with Crippen molar-refractivity contribution in [3.05, 3.63) is 58.5 Å². The maximum absolute atomic E-state index is 13.4. The lowest BCUT2D eigenvalue weighted by Gasteiger charge is -2.35. The molecule has 0 unspecified atom stereocenters. The number of hydrogen-bond donors (Lipinski definition) is 0. The van der Waals surface area contributed by atoms with E-state index in [9.17, 15) is 4.79 Å². The smallest absolute Gasteiger partial charge is 0.257 e. The molecule has 5 nitrogen and oxygen atoms in total. The molecule has 5 heteroatoms. The minimum atomic E-state index is 0.0900. The normalized spacial score (nSPS) is 20.3. The van der Waals surface area contributed by atoms with Gasteiger partial charge in [-0.05, 0) is 82.7 Å². The Kier molecular flexibility index (Phi) is 7.13. The number of rotatable bonds is 7. The lowest BCUT2D eigenvalue weighted by atomic mass is 9.95. The summed E-state index contributed by atoms with van der Waals surface area (Å²) in [6.07, 6.45) is 4.56. The van der Waals surface area contributed by atoms with Crippen LogP contribution in [0.1, 0.15) is 58.7 Å². The topological polar surface area (TPSA) is 45.9 Å². The molecule has 4 rings (SSSR count). The zero-order valence-electron chi connectivity index (χ0n) is 19.2. The van der Waals surface area contributed by atoms with Gasteiger partial charge in [-0.3, -0.25) is 9.69 Å².